The molecule has 56 heavy (non-hydrogen) atoms. The summed E-state index contributed by atoms with van der Waals surface area (Å²) < 4.78 is 48.8. The molecule has 2 heterocycles. The first-order chi connectivity index (χ1) is 25.9. The molecule has 3 N–H and O–H groups in total. The van der Waals surface area contributed by atoms with Crippen molar-refractivity contribution in [1.82, 2.24) is 5.32 Å². The molecule has 2 saturated heterocycles. The fourth-order valence-electron chi connectivity index (χ4n) is 10.0. The summed E-state index contributed by atoms with van der Waals surface area (Å²) in [4.78, 5) is 65.4. The van der Waals surface area contributed by atoms with E-state index in [1.807, 2.05) is 13.8 Å². The van der Waals surface area contributed by atoms with Crippen molar-refractivity contribution < 1.29 is 72.1 Å². The Balaban J connectivity index is 1.70. The van der Waals surface area contributed by atoms with Gasteiger partial charge in [0, 0.05) is 37.5 Å². The summed E-state index contributed by atoms with van der Waals surface area (Å²) >= 11 is 0. The number of ether oxygens (including phenoxy) is 8. The van der Waals surface area contributed by atoms with E-state index in [2.05, 4.69) is 11.9 Å². The van der Waals surface area contributed by atoms with Gasteiger partial charge in [-0.2, -0.15) is 0 Å². The van der Waals surface area contributed by atoms with Crippen molar-refractivity contribution in [2.45, 2.75) is 167 Å². The molecule has 0 aromatic carbocycles. The highest BCUT2D eigenvalue weighted by atomic mass is 16.7. The molecule has 16 heteroatoms. The van der Waals surface area contributed by atoms with Crippen LogP contribution in [0.2, 0.25) is 0 Å². The average Bonchev–Trinajstić information content (AvgIpc) is 3.05. The molecule has 0 spiro atoms. The first-order valence-electron chi connectivity index (χ1n) is 19.2. The Morgan fingerprint density at radius 2 is 1.71 bits per heavy atom. The molecule has 16 nitrogen and oxygen atoms in total. The second kappa shape index (κ2) is 15.3. The summed E-state index contributed by atoms with van der Waals surface area (Å²) in [5, 5.41) is 27.4. The topological polar surface area (TPSA) is 212 Å². The molecule has 0 aromatic heterocycles. The Bertz CT molecular complexity index is 1620. The third-order valence-electron chi connectivity index (χ3n) is 12.4. The number of amides is 1. The Kier molecular flexibility index (Phi) is 11.9. The molecule has 3 aliphatic carbocycles. The summed E-state index contributed by atoms with van der Waals surface area (Å²) in [7, 11) is 0. The van der Waals surface area contributed by atoms with Gasteiger partial charge in [-0.25, -0.2) is 9.59 Å². The number of carbonyl (C=O) groups is 5. The standard InChI is InChI=1S/C40H59NO15/c1-13-27-53-25-15-26-39(17-49-26,55-22(6)44)31-33(50-18-42)40(48)16-24(52-34(46)29(45)23(14-19(2)3)41-35(47)56-36(7,8)9)20(4)28(37(40,10)11)30(51-21(5)43)32(54-27)38(25,31)12/h13,18-19,23-27,29-33,45,48H,1,14-17H2,2-12H3,(H,41,47)/t23-,24-,25?,26?,27?,29+,30-,31-,32-,33-,38?,39-,40?/m0/s1. The second-order valence-corrected chi connectivity index (χ2v) is 18.0. The summed E-state index contributed by atoms with van der Waals surface area (Å²) in [6.07, 6.45) is -8.96. The van der Waals surface area contributed by atoms with E-state index >= 15 is 0 Å². The molecule has 13 atom stereocenters. The van der Waals surface area contributed by atoms with E-state index in [-0.39, 0.29) is 38.3 Å². The molecule has 5 aliphatic rings. The summed E-state index contributed by atoms with van der Waals surface area (Å²) in [6, 6.07) is -1.12. The molecule has 2 aliphatic heterocycles. The Labute approximate surface area is 327 Å². The Hall–Kier alpha value is -3.57. The number of nitrogens with one attached hydrogen (secondary N) is 1. The van der Waals surface area contributed by atoms with E-state index < -0.39 is 113 Å². The zero-order chi connectivity index (χ0) is 41.9. The second-order valence-electron chi connectivity index (χ2n) is 18.0. The molecule has 0 aromatic rings. The van der Waals surface area contributed by atoms with Gasteiger partial charge in [-0.1, -0.05) is 41.2 Å². The van der Waals surface area contributed by atoms with Crippen LogP contribution >= 0.6 is 0 Å². The van der Waals surface area contributed by atoms with Gasteiger partial charge in [0.2, 0.25) is 0 Å². The molecule has 4 fully saturated rings. The number of esters is 3. The van der Waals surface area contributed by atoms with Crippen LogP contribution in [-0.4, -0.2) is 119 Å². The molecule has 1 amide bonds. The van der Waals surface area contributed by atoms with Gasteiger partial charge in [0.25, 0.3) is 6.47 Å². The molecule has 314 valence electrons. The lowest BCUT2D eigenvalue weighted by Crippen LogP contribution is -2.83. The van der Waals surface area contributed by atoms with Gasteiger partial charge in [-0.3, -0.25) is 14.4 Å². The van der Waals surface area contributed by atoms with Crippen molar-refractivity contribution in [1.29, 1.82) is 0 Å². The lowest BCUT2D eigenvalue weighted by molar-refractivity contribution is -0.405. The van der Waals surface area contributed by atoms with Crippen LogP contribution in [0.4, 0.5) is 4.79 Å². The first kappa shape index (κ1) is 43.6. The van der Waals surface area contributed by atoms with Crippen LogP contribution in [0, 0.1) is 22.7 Å². The summed E-state index contributed by atoms with van der Waals surface area (Å²) in [5.74, 6) is -3.65. The molecular formula is C40H59NO15. The number of hydrogen-bond donors (Lipinski definition) is 3. The number of hydrogen-bond acceptors (Lipinski definition) is 15. The van der Waals surface area contributed by atoms with Gasteiger partial charge in [0.15, 0.2) is 24.1 Å². The maximum absolute atomic E-state index is 14.0. The molecule has 2 bridgehead atoms. The van der Waals surface area contributed by atoms with E-state index in [0.29, 0.717) is 11.1 Å². The highest BCUT2D eigenvalue weighted by Gasteiger charge is 2.79. The van der Waals surface area contributed by atoms with E-state index in [1.165, 1.54) is 19.9 Å². The van der Waals surface area contributed by atoms with Crippen molar-refractivity contribution in [2.75, 3.05) is 6.61 Å². The number of fused-ring (bicyclic) bond motifs is 4. The SMILES string of the molecule is C=CC1OC2CC3OC[C@@]3(OC(C)=O)[C@H]3[C@H](OC=O)C4(O)C[C@H](OC(=O)[C@H](O)[C@H](CC(C)C)NC(=O)OC(C)(C)C)C(C)=C([C@H](OC(C)=O)[C@H](O1)C23C)C4(C)C. The molecule has 5 unspecified atom stereocenters. The number of rotatable bonds is 11. The van der Waals surface area contributed by atoms with E-state index in [4.69, 9.17) is 37.9 Å². The van der Waals surface area contributed by atoms with Gasteiger partial charge >= 0.3 is 24.0 Å². The third-order valence-corrected chi connectivity index (χ3v) is 12.4. The zero-order valence-corrected chi connectivity index (χ0v) is 34.2. The lowest BCUT2D eigenvalue weighted by Gasteiger charge is -2.71. The minimum Gasteiger partial charge on any atom is -0.461 e. The maximum atomic E-state index is 14.0. The lowest BCUT2D eigenvalue weighted by atomic mass is 9.44. The van der Waals surface area contributed by atoms with Crippen LogP contribution in [0.15, 0.2) is 23.8 Å². The Morgan fingerprint density at radius 1 is 1.05 bits per heavy atom. The van der Waals surface area contributed by atoms with Crippen LogP contribution in [-0.2, 0) is 57.1 Å². The minimum atomic E-state index is -2.15. The van der Waals surface area contributed by atoms with E-state index in [0.717, 1.165) is 0 Å². The van der Waals surface area contributed by atoms with Gasteiger partial charge in [-0.05, 0) is 57.3 Å². The zero-order valence-electron chi connectivity index (χ0n) is 34.2. The van der Waals surface area contributed by atoms with Crippen molar-refractivity contribution in [2.24, 2.45) is 22.7 Å². The number of alkyl carbamates (subject to hydrolysis) is 1. The van der Waals surface area contributed by atoms with Crippen LogP contribution in [0.3, 0.4) is 0 Å². The van der Waals surface area contributed by atoms with Gasteiger partial charge in [0.1, 0.15) is 35.6 Å². The fraction of sp³-hybridized carbons (Fsp3) is 0.775. The number of aliphatic hydroxyl groups is 2. The molecule has 5 rings (SSSR count). The van der Waals surface area contributed by atoms with E-state index in [9.17, 15) is 34.2 Å². The van der Waals surface area contributed by atoms with Crippen molar-refractivity contribution in [3.05, 3.63) is 23.8 Å². The van der Waals surface area contributed by atoms with E-state index in [1.54, 1.807) is 48.5 Å². The minimum absolute atomic E-state index is 0.0777. The first-order valence-corrected chi connectivity index (χ1v) is 19.2. The molecular weight excluding hydrogens is 734 g/mol. The predicted octanol–water partition coefficient (Wildman–Crippen LogP) is 3.19. The normalized spacial score (nSPS) is 38.1. The Morgan fingerprint density at radius 3 is 2.23 bits per heavy atom. The van der Waals surface area contributed by atoms with Crippen LogP contribution in [0.25, 0.3) is 0 Å². The fourth-order valence-corrected chi connectivity index (χ4v) is 10.0. The van der Waals surface area contributed by atoms with Crippen molar-refractivity contribution >= 4 is 30.5 Å². The summed E-state index contributed by atoms with van der Waals surface area (Å²) in [6.45, 7) is 22.0. The van der Waals surface area contributed by atoms with Crippen LogP contribution in [0.5, 0.6) is 0 Å². The van der Waals surface area contributed by atoms with Gasteiger partial charge in [-0.15, -0.1) is 0 Å². The van der Waals surface area contributed by atoms with Crippen molar-refractivity contribution in [3.63, 3.8) is 0 Å². The molecule has 2 saturated carbocycles. The largest absolute Gasteiger partial charge is 0.461 e. The van der Waals surface area contributed by atoms with Gasteiger partial charge in [0.05, 0.1) is 24.7 Å². The number of aliphatic hydroxyl groups excluding tert-OH is 1. The smallest absolute Gasteiger partial charge is 0.407 e. The highest BCUT2D eigenvalue weighted by Crippen LogP contribution is 2.67. The van der Waals surface area contributed by atoms with Gasteiger partial charge < -0.3 is 53.4 Å². The predicted molar refractivity (Wildman–Crippen MR) is 195 cm³/mol. The third kappa shape index (κ3) is 7.36. The summed E-state index contributed by atoms with van der Waals surface area (Å²) in [5.41, 5.74) is -6.51. The quantitative estimate of drug-likeness (QED) is 0.119. The van der Waals surface area contributed by atoms with Crippen LogP contribution < -0.4 is 5.32 Å². The van der Waals surface area contributed by atoms with Crippen molar-refractivity contribution in [3.8, 4) is 0 Å². The van der Waals surface area contributed by atoms with Crippen LogP contribution in [0.1, 0.15) is 95.4 Å². The number of carbonyl (C=O) groups excluding carboxylic acids is 5. The monoisotopic (exact) mass is 793 g/mol. The average molecular weight is 794 g/mol. The molecule has 0 radical (unpaired) electrons. The highest BCUT2D eigenvalue weighted by molar-refractivity contribution is 5.77. The maximum Gasteiger partial charge on any atom is 0.407 e.